The van der Waals surface area contributed by atoms with Crippen molar-refractivity contribution >= 4 is 5.91 Å². The molecule has 0 aliphatic heterocycles. The number of nitrogens with zero attached hydrogens (tertiary/aromatic N) is 1. The number of nitrogens with two attached hydrogens (primary N) is 1. The van der Waals surface area contributed by atoms with Crippen LogP contribution in [-0.2, 0) is 11.2 Å². The predicted octanol–water partition coefficient (Wildman–Crippen LogP) is 2.45. The van der Waals surface area contributed by atoms with Gasteiger partial charge in [0, 0.05) is 19.1 Å². The molecule has 2 atom stereocenters. The summed E-state index contributed by atoms with van der Waals surface area (Å²) < 4.78 is 0. The van der Waals surface area contributed by atoms with E-state index in [1.54, 1.807) is 0 Å². The highest BCUT2D eigenvalue weighted by Gasteiger charge is 2.25. The molecule has 2 N–H and O–H groups in total. The van der Waals surface area contributed by atoms with Gasteiger partial charge in [0.1, 0.15) is 0 Å². The Labute approximate surface area is 116 Å². The second kappa shape index (κ2) is 7.95. The van der Waals surface area contributed by atoms with Gasteiger partial charge < -0.3 is 10.6 Å². The Morgan fingerprint density at radius 3 is 2.37 bits per heavy atom. The van der Waals surface area contributed by atoms with Crippen LogP contribution in [0.1, 0.15) is 32.8 Å². The van der Waals surface area contributed by atoms with Gasteiger partial charge in [-0.3, -0.25) is 4.79 Å². The molecule has 0 saturated carbocycles. The fourth-order valence-electron chi connectivity index (χ4n) is 2.31. The van der Waals surface area contributed by atoms with Crippen LogP contribution in [0.2, 0.25) is 0 Å². The van der Waals surface area contributed by atoms with E-state index in [0.29, 0.717) is 6.54 Å². The smallest absolute Gasteiger partial charge is 0.227 e. The number of amides is 1. The quantitative estimate of drug-likeness (QED) is 0.820. The minimum absolute atomic E-state index is 0.114. The van der Waals surface area contributed by atoms with E-state index < -0.39 is 0 Å². The monoisotopic (exact) mass is 262 g/mol. The van der Waals surface area contributed by atoms with Crippen molar-refractivity contribution in [3.63, 3.8) is 0 Å². The molecule has 0 saturated heterocycles. The molecular weight excluding hydrogens is 236 g/mol. The largest absolute Gasteiger partial charge is 0.340 e. The Hall–Kier alpha value is -1.35. The molecule has 3 heteroatoms. The van der Waals surface area contributed by atoms with E-state index in [0.717, 1.165) is 19.4 Å². The molecule has 1 rings (SSSR count). The summed E-state index contributed by atoms with van der Waals surface area (Å²) in [5.41, 5.74) is 6.98. The van der Waals surface area contributed by atoms with Crippen LogP contribution in [0.15, 0.2) is 30.3 Å². The van der Waals surface area contributed by atoms with Gasteiger partial charge in [-0.15, -0.1) is 0 Å². The Morgan fingerprint density at radius 1 is 1.26 bits per heavy atom. The van der Waals surface area contributed by atoms with Crippen molar-refractivity contribution in [2.24, 2.45) is 11.7 Å². The maximum atomic E-state index is 12.6. The topological polar surface area (TPSA) is 46.3 Å². The molecule has 0 spiro atoms. The molecule has 1 aromatic rings. The van der Waals surface area contributed by atoms with E-state index in [9.17, 15) is 4.79 Å². The number of benzene rings is 1. The lowest BCUT2D eigenvalue weighted by Gasteiger charge is -2.30. The van der Waals surface area contributed by atoms with Crippen LogP contribution in [0.3, 0.4) is 0 Å². The van der Waals surface area contributed by atoms with Gasteiger partial charge in [0.25, 0.3) is 0 Å². The zero-order chi connectivity index (χ0) is 14.3. The molecule has 19 heavy (non-hydrogen) atoms. The maximum absolute atomic E-state index is 12.6. The van der Waals surface area contributed by atoms with Crippen molar-refractivity contribution < 1.29 is 4.79 Å². The molecular formula is C16H26N2O. The fraction of sp³-hybridized carbons (Fsp3) is 0.562. The first-order valence-electron chi connectivity index (χ1n) is 7.18. The third-order valence-electron chi connectivity index (χ3n) is 3.71. The van der Waals surface area contributed by atoms with Crippen LogP contribution >= 0.6 is 0 Å². The van der Waals surface area contributed by atoms with Gasteiger partial charge in [-0.2, -0.15) is 0 Å². The van der Waals surface area contributed by atoms with Gasteiger partial charge in [0.15, 0.2) is 0 Å². The number of hydrogen-bond acceptors (Lipinski definition) is 2. The van der Waals surface area contributed by atoms with Gasteiger partial charge >= 0.3 is 0 Å². The van der Waals surface area contributed by atoms with Crippen molar-refractivity contribution in [1.82, 2.24) is 4.90 Å². The summed E-state index contributed by atoms with van der Waals surface area (Å²) in [6, 6.07) is 10.4. The minimum atomic E-state index is -0.114. The molecule has 1 amide bonds. The summed E-state index contributed by atoms with van der Waals surface area (Å²) >= 11 is 0. The average Bonchev–Trinajstić information content (AvgIpc) is 2.46. The van der Waals surface area contributed by atoms with E-state index in [2.05, 4.69) is 26.0 Å². The Kier molecular flexibility index (Phi) is 6.57. The van der Waals surface area contributed by atoms with Crippen LogP contribution in [0.25, 0.3) is 0 Å². The summed E-state index contributed by atoms with van der Waals surface area (Å²) in [5.74, 6) is 0.0690. The summed E-state index contributed by atoms with van der Waals surface area (Å²) in [6.45, 7) is 7.38. The molecule has 0 bridgehead atoms. The highest BCUT2D eigenvalue weighted by atomic mass is 16.2. The summed E-state index contributed by atoms with van der Waals surface area (Å²) in [7, 11) is 0. The van der Waals surface area contributed by atoms with Crippen molar-refractivity contribution in [2.75, 3.05) is 13.1 Å². The lowest BCUT2D eigenvalue weighted by Crippen LogP contribution is -2.44. The first-order valence-corrected chi connectivity index (χ1v) is 7.18. The normalized spacial score (nSPS) is 13.9. The standard InChI is InChI=1S/C16H26N2O/c1-4-13(3)18(5-2)16(19)15(12-17)11-14-9-7-6-8-10-14/h6-10,13,15H,4-5,11-12,17H2,1-3H3. The zero-order valence-corrected chi connectivity index (χ0v) is 12.3. The van der Waals surface area contributed by atoms with Crippen molar-refractivity contribution in [3.8, 4) is 0 Å². The zero-order valence-electron chi connectivity index (χ0n) is 12.3. The van der Waals surface area contributed by atoms with Gasteiger partial charge in [0.05, 0.1) is 5.92 Å². The van der Waals surface area contributed by atoms with E-state index in [1.165, 1.54) is 5.56 Å². The second-order valence-electron chi connectivity index (χ2n) is 5.00. The molecule has 1 aromatic carbocycles. The van der Waals surface area contributed by atoms with Crippen LogP contribution in [0.4, 0.5) is 0 Å². The number of hydrogen-bond donors (Lipinski definition) is 1. The molecule has 0 heterocycles. The second-order valence-corrected chi connectivity index (χ2v) is 5.00. The Bertz CT molecular complexity index is 378. The van der Waals surface area contributed by atoms with E-state index in [4.69, 9.17) is 5.73 Å². The summed E-state index contributed by atoms with van der Waals surface area (Å²) in [6.07, 6.45) is 1.70. The summed E-state index contributed by atoms with van der Waals surface area (Å²) in [4.78, 5) is 14.5. The molecule has 0 aromatic heterocycles. The third-order valence-corrected chi connectivity index (χ3v) is 3.71. The number of carbonyl (C=O) groups is 1. The Balaban J connectivity index is 2.75. The lowest BCUT2D eigenvalue weighted by molar-refractivity contribution is -0.137. The van der Waals surface area contributed by atoms with E-state index in [-0.39, 0.29) is 17.9 Å². The van der Waals surface area contributed by atoms with Gasteiger partial charge in [0.2, 0.25) is 5.91 Å². The molecule has 2 unspecified atom stereocenters. The summed E-state index contributed by atoms with van der Waals surface area (Å²) in [5, 5.41) is 0. The van der Waals surface area contributed by atoms with E-state index >= 15 is 0 Å². The van der Waals surface area contributed by atoms with Crippen molar-refractivity contribution in [1.29, 1.82) is 0 Å². The number of rotatable bonds is 7. The maximum Gasteiger partial charge on any atom is 0.227 e. The average molecular weight is 262 g/mol. The third kappa shape index (κ3) is 4.35. The van der Waals surface area contributed by atoms with E-state index in [1.807, 2.05) is 30.0 Å². The highest BCUT2D eigenvalue weighted by Crippen LogP contribution is 2.14. The first kappa shape index (κ1) is 15.7. The molecule has 3 nitrogen and oxygen atoms in total. The fourth-order valence-corrected chi connectivity index (χ4v) is 2.31. The Morgan fingerprint density at radius 2 is 1.89 bits per heavy atom. The molecule has 0 aliphatic rings. The molecule has 0 aliphatic carbocycles. The first-order chi connectivity index (χ1) is 9.13. The SMILES string of the molecule is CCC(C)N(CC)C(=O)C(CN)Cc1ccccc1. The highest BCUT2D eigenvalue weighted by molar-refractivity contribution is 5.79. The van der Waals surface area contributed by atoms with Crippen LogP contribution in [-0.4, -0.2) is 29.9 Å². The van der Waals surface area contributed by atoms with Gasteiger partial charge in [-0.1, -0.05) is 37.3 Å². The predicted molar refractivity (Wildman–Crippen MR) is 79.8 cm³/mol. The van der Waals surface area contributed by atoms with Crippen LogP contribution < -0.4 is 5.73 Å². The molecule has 0 radical (unpaired) electrons. The van der Waals surface area contributed by atoms with Crippen molar-refractivity contribution in [3.05, 3.63) is 35.9 Å². The minimum Gasteiger partial charge on any atom is -0.340 e. The molecule has 106 valence electrons. The van der Waals surface area contributed by atoms with Crippen LogP contribution in [0.5, 0.6) is 0 Å². The van der Waals surface area contributed by atoms with Gasteiger partial charge in [-0.25, -0.2) is 0 Å². The lowest BCUT2D eigenvalue weighted by atomic mass is 9.97. The van der Waals surface area contributed by atoms with Crippen LogP contribution in [0, 0.1) is 5.92 Å². The van der Waals surface area contributed by atoms with Crippen molar-refractivity contribution in [2.45, 2.75) is 39.7 Å². The van der Waals surface area contributed by atoms with Gasteiger partial charge in [-0.05, 0) is 32.3 Å². The molecule has 0 fully saturated rings. The number of carbonyl (C=O) groups excluding carboxylic acids is 1.